The van der Waals surface area contributed by atoms with Crippen molar-refractivity contribution in [3.63, 3.8) is 0 Å². The summed E-state index contributed by atoms with van der Waals surface area (Å²) in [5.41, 5.74) is 0.979. The molecule has 1 heterocycles. The Bertz CT molecular complexity index is 248. The van der Waals surface area contributed by atoms with E-state index in [4.69, 9.17) is 4.74 Å². The Labute approximate surface area is 72.8 Å². The maximum absolute atomic E-state index is 5.36. The average Bonchev–Trinajstić information content (AvgIpc) is 2.01. The van der Waals surface area contributed by atoms with Crippen LogP contribution in [0.25, 0.3) is 0 Å². The lowest BCUT2D eigenvalue weighted by atomic mass is 10.4. The highest BCUT2D eigenvalue weighted by atomic mass is 16.5. The molecule has 1 aromatic heterocycles. The fourth-order valence-corrected chi connectivity index (χ4v) is 0.812. The first-order valence-corrected chi connectivity index (χ1v) is 4.08. The Hall–Kier alpha value is -0.960. The molecular formula is C9H14N2O. The molecule has 0 spiro atoms. The molecule has 0 saturated carbocycles. The van der Waals surface area contributed by atoms with Gasteiger partial charge in [0.05, 0.1) is 6.10 Å². The van der Waals surface area contributed by atoms with E-state index in [1.54, 1.807) is 6.20 Å². The molecule has 0 atom stereocenters. The van der Waals surface area contributed by atoms with Gasteiger partial charge < -0.3 is 4.74 Å². The molecule has 0 aromatic carbocycles. The van der Waals surface area contributed by atoms with E-state index in [-0.39, 0.29) is 6.10 Å². The summed E-state index contributed by atoms with van der Waals surface area (Å²) >= 11 is 0. The summed E-state index contributed by atoms with van der Waals surface area (Å²) in [6, 6.07) is 1.87. The van der Waals surface area contributed by atoms with Crippen molar-refractivity contribution in [1.82, 2.24) is 9.97 Å². The Kier molecular flexibility index (Phi) is 3.17. The Morgan fingerprint density at radius 2 is 2.25 bits per heavy atom. The van der Waals surface area contributed by atoms with Crippen molar-refractivity contribution in [2.24, 2.45) is 0 Å². The number of hydrogen-bond donors (Lipinski definition) is 0. The van der Waals surface area contributed by atoms with Crippen LogP contribution in [-0.4, -0.2) is 16.1 Å². The minimum atomic E-state index is 0.231. The molecule has 0 fully saturated rings. The molecule has 1 rings (SSSR count). The minimum Gasteiger partial charge on any atom is -0.371 e. The molecule has 0 aliphatic carbocycles. The molecule has 0 bridgehead atoms. The number of aromatic nitrogens is 2. The predicted molar refractivity (Wildman–Crippen MR) is 46.7 cm³/mol. The molecule has 0 amide bonds. The summed E-state index contributed by atoms with van der Waals surface area (Å²) in [5, 5.41) is 0. The lowest BCUT2D eigenvalue weighted by molar-refractivity contribution is 0.0612. The summed E-state index contributed by atoms with van der Waals surface area (Å²) in [5.74, 6) is 0.753. The van der Waals surface area contributed by atoms with Crippen molar-refractivity contribution in [1.29, 1.82) is 0 Å². The summed E-state index contributed by atoms with van der Waals surface area (Å²) in [6.45, 7) is 6.44. The highest BCUT2D eigenvalue weighted by Crippen LogP contribution is 1.98. The van der Waals surface area contributed by atoms with Gasteiger partial charge in [-0.1, -0.05) is 0 Å². The third-order valence-corrected chi connectivity index (χ3v) is 1.39. The molecule has 0 radical (unpaired) electrons. The molecule has 0 unspecified atom stereocenters. The second kappa shape index (κ2) is 4.16. The van der Waals surface area contributed by atoms with Crippen molar-refractivity contribution >= 4 is 0 Å². The van der Waals surface area contributed by atoms with Crippen LogP contribution >= 0.6 is 0 Å². The van der Waals surface area contributed by atoms with Crippen molar-refractivity contribution < 1.29 is 4.74 Å². The number of ether oxygens (including phenoxy) is 1. The number of aryl methyl sites for hydroxylation is 1. The van der Waals surface area contributed by atoms with Crippen LogP contribution in [0.3, 0.4) is 0 Å². The third kappa shape index (κ3) is 2.96. The largest absolute Gasteiger partial charge is 0.371 e. The van der Waals surface area contributed by atoms with Gasteiger partial charge in [0.15, 0.2) is 5.82 Å². The van der Waals surface area contributed by atoms with Crippen LogP contribution in [-0.2, 0) is 11.3 Å². The molecule has 1 aromatic rings. The van der Waals surface area contributed by atoms with Crippen LogP contribution in [0.15, 0.2) is 12.3 Å². The molecule has 3 nitrogen and oxygen atoms in total. The van der Waals surface area contributed by atoms with Gasteiger partial charge in [-0.15, -0.1) is 0 Å². The quantitative estimate of drug-likeness (QED) is 0.685. The molecule has 0 aliphatic heterocycles. The van der Waals surface area contributed by atoms with Gasteiger partial charge >= 0.3 is 0 Å². The number of rotatable bonds is 3. The van der Waals surface area contributed by atoms with Gasteiger partial charge in [-0.05, 0) is 26.8 Å². The predicted octanol–water partition coefficient (Wildman–Crippen LogP) is 1.71. The second-order valence-electron chi connectivity index (χ2n) is 2.97. The van der Waals surface area contributed by atoms with Crippen LogP contribution in [0.1, 0.15) is 25.4 Å². The van der Waals surface area contributed by atoms with Gasteiger partial charge in [-0.2, -0.15) is 0 Å². The van der Waals surface area contributed by atoms with Gasteiger partial charge in [0.25, 0.3) is 0 Å². The topological polar surface area (TPSA) is 35.0 Å². The van der Waals surface area contributed by atoms with Crippen LogP contribution in [0.2, 0.25) is 0 Å². The van der Waals surface area contributed by atoms with Crippen LogP contribution in [0.5, 0.6) is 0 Å². The summed E-state index contributed by atoms with van der Waals surface area (Å²) in [4.78, 5) is 8.28. The van der Waals surface area contributed by atoms with Crippen molar-refractivity contribution in [3.05, 3.63) is 23.8 Å². The average molecular weight is 166 g/mol. The van der Waals surface area contributed by atoms with Crippen molar-refractivity contribution in [2.75, 3.05) is 0 Å². The van der Waals surface area contributed by atoms with Gasteiger partial charge in [0.1, 0.15) is 6.61 Å². The first-order valence-electron chi connectivity index (χ1n) is 4.08. The van der Waals surface area contributed by atoms with E-state index in [0.29, 0.717) is 6.61 Å². The van der Waals surface area contributed by atoms with Crippen LogP contribution in [0.4, 0.5) is 0 Å². The number of nitrogens with zero attached hydrogens (tertiary/aromatic N) is 2. The Morgan fingerprint density at radius 1 is 1.50 bits per heavy atom. The molecule has 66 valence electrons. The Balaban J connectivity index is 2.52. The van der Waals surface area contributed by atoms with E-state index in [9.17, 15) is 0 Å². The van der Waals surface area contributed by atoms with Gasteiger partial charge in [-0.25, -0.2) is 9.97 Å². The van der Waals surface area contributed by atoms with E-state index >= 15 is 0 Å². The van der Waals surface area contributed by atoms with Crippen molar-refractivity contribution in [3.8, 4) is 0 Å². The lowest BCUT2D eigenvalue weighted by Crippen LogP contribution is -2.05. The zero-order chi connectivity index (χ0) is 8.97. The van der Waals surface area contributed by atoms with Crippen molar-refractivity contribution in [2.45, 2.75) is 33.5 Å². The highest BCUT2D eigenvalue weighted by Gasteiger charge is 1.98. The van der Waals surface area contributed by atoms with E-state index in [0.717, 1.165) is 11.5 Å². The zero-order valence-electron chi connectivity index (χ0n) is 7.74. The summed E-state index contributed by atoms with van der Waals surface area (Å²) < 4.78 is 5.36. The van der Waals surface area contributed by atoms with Gasteiger partial charge in [0.2, 0.25) is 0 Å². The SMILES string of the molecule is Cc1ccnc(COC(C)C)n1. The molecule has 3 heteroatoms. The number of hydrogen-bond acceptors (Lipinski definition) is 3. The van der Waals surface area contributed by atoms with E-state index < -0.39 is 0 Å². The van der Waals surface area contributed by atoms with Crippen LogP contribution in [0, 0.1) is 6.92 Å². The molecule has 0 N–H and O–H groups in total. The maximum Gasteiger partial charge on any atom is 0.154 e. The summed E-state index contributed by atoms with van der Waals surface area (Å²) in [6.07, 6.45) is 1.98. The summed E-state index contributed by atoms with van der Waals surface area (Å²) in [7, 11) is 0. The Morgan fingerprint density at radius 3 is 2.83 bits per heavy atom. The van der Waals surface area contributed by atoms with Gasteiger partial charge in [-0.3, -0.25) is 0 Å². The molecular weight excluding hydrogens is 152 g/mol. The second-order valence-corrected chi connectivity index (χ2v) is 2.97. The van der Waals surface area contributed by atoms with Gasteiger partial charge in [0, 0.05) is 11.9 Å². The van der Waals surface area contributed by atoms with E-state index in [1.165, 1.54) is 0 Å². The fourth-order valence-electron chi connectivity index (χ4n) is 0.812. The minimum absolute atomic E-state index is 0.231. The smallest absolute Gasteiger partial charge is 0.154 e. The first kappa shape index (κ1) is 9.13. The standard InChI is InChI=1S/C9H14N2O/c1-7(2)12-6-9-10-5-4-8(3)11-9/h4-5,7H,6H2,1-3H3. The van der Waals surface area contributed by atoms with E-state index in [1.807, 2.05) is 26.8 Å². The zero-order valence-corrected chi connectivity index (χ0v) is 7.74. The normalized spacial score (nSPS) is 10.7. The van der Waals surface area contributed by atoms with Crippen LogP contribution < -0.4 is 0 Å². The lowest BCUT2D eigenvalue weighted by Gasteiger charge is -2.05. The molecule has 0 aliphatic rings. The third-order valence-electron chi connectivity index (χ3n) is 1.39. The first-order chi connectivity index (χ1) is 5.68. The van der Waals surface area contributed by atoms with E-state index in [2.05, 4.69) is 9.97 Å². The molecule has 12 heavy (non-hydrogen) atoms. The highest BCUT2D eigenvalue weighted by molar-refractivity contribution is 4.98. The molecule has 0 saturated heterocycles. The monoisotopic (exact) mass is 166 g/mol. The maximum atomic E-state index is 5.36. The fraction of sp³-hybridized carbons (Fsp3) is 0.556.